The minimum atomic E-state index is -3.44. The zero-order chi connectivity index (χ0) is 87.9. The Labute approximate surface area is 794 Å². The molecule has 0 spiro atoms. The van der Waals surface area contributed by atoms with Gasteiger partial charge in [0.2, 0.25) is 38.7 Å². The first-order valence-electron chi connectivity index (χ1n) is 37.5. The molecule has 2 atom stereocenters. The number of ether oxygens (including phenoxy) is 4. The van der Waals surface area contributed by atoms with Gasteiger partial charge >= 0.3 is 109 Å². The minimum Gasteiger partial charge on any atom is -0.508 e. The first kappa shape index (κ1) is 122. The molecule has 6 fully saturated rings. The Hall–Kier alpha value is -2.84. The van der Waals surface area contributed by atoms with Crippen LogP contribution in [0.1, 0.15) is 205 Å². The van der Waals surface area contributed by atoms with Gasteiger partial charge < -0.3 is 59.3 Å². The SMILES string of the molecule is C1CCOC1.CC#N.CN([PH-])OOC=O.CS(=O)(=O)Cl.CS(=O)(=O)OCC1CCC(F)(F)CC1.CSC.N#CCC(O)c1cccc(OCC2CCC(F)(F)CC2)c1.NCCC(O)c1cccc(OCC2CCC(F)(F)CC2)c1.O=Cc1cccc(O)c1.O=Cc1cccc(OCC2CCC(F)(F)CC2)c1.OCC1CCC(F)(F)CC1.[B].[K+].[K+]. The van der Waals surface area contributed by atoms with Crippen molar-refractivity contribution in [3.8, 4) is 35.1 Å². The zero-order valence-electron chi connectivity index (χ0n) is 69.0. The molecule has 3 radical (unpaired) electrons. The summed E-state index contributed by atoms with van der Waals surface area (Å²) < 4.78 is 195. The van der Waals surface area contributed by atoms with Crippen LogP contribution >= 0.6 is 31.8 Å². The summed E-state index contributed by atoms with van der Waals surface area (Å²) >= 11 is 1.75. The zero-order valence-corrected chi connectivity index (χ0v) is 79.5. The van der Waals surface area contributed by atoms with Crippen molar-refractivity contribution in [2.24, 2.45) is 35.3 Å². The third-order valence-electron chi connectivity index (χ3n) is 17.6. The van der Waals surface area contributed by atoms with E-state index in [1.165, 1.54) is 38.9 Å². The fourth-order valence-electron chi connectivity index (χ4n) is 11.2. The molecule has 0 bridgehead atoms. The van der Waals surface area contributed by atoms with Crippen molar-refractivity contribution in [1.82, 2.24) is 4.83 Å². The van der Waals surface area contributed by atoms with Crippen LogP contribution in [0.4, 0.5) is 43.9 Å². The topological polar surface area (TPSA) is 342 Å². The summed E-state index contributed by atoms with van der Waals surface area (Å²) in [6.07, 6.45) is 12.9. The number of rotatable bonds is 23. The predicted octanol–water partition coefficient (Wildman–Crippen LogP) is 11.7. The number of phenolic OH excluding ortho intramolecular Hbond substituents is 1. The number of benzene rings is 4. The summed E-state index contributed by atoms with van der Waals surface area (Å²) in [6.45, 7) is 5.43. The molecule has 6 N–H and O–H groups in total. The molecule has 5 saturated carbocycles. The standard InChI is InChI=1S/C16H23F2NO2.C16H19F2NO2.C14H16F2O2.C8H14F2O3S.C7H12F2O.C7H6O2.C4H8O.C2H5NO3P.C2H3N.C2H6S.CH3ClO2S.B.2K/c2*17-16(18)7-4-12(5-8-16)11-21-14-3-1-2-13(10-14)15(20)6-9-19;15-14(16)6-4-11(5-7-14)10-18-13-3-1-2-12(8-13)9-17;1-14(11,12)13-6-7-2-4-8(9,10)5-3-7;8-7(9)3-1-6(5-10)2-4-7;8-5-6-2-1-3-7(9)4-6;1-2-4-5-3-1;1-3(7)6-5-2-4;1-2-3;1-3-2;1-5(2,3)4;;;/h1-3,10,12,15,20H,4-9,11,19H2;1-3,10,12,15,20H,4-8,11H2;1-3,8-9,11H,4-7,10H2;7H,2-6H2,1H3;6,10H,1-5H2;1-5,9H;1-4H2;2,7H,1H3;1H3;1-2H3;1H3;;;/q;;;;;;;-1;;;;;2*+1. The number of alkyl halides is 10. The molecule has 119 heavy (non-hydrogen) atoms. The van der Waals surface area contributed by atoms with Gasteiger partial charge in [-0.3, -0.25) is 23.5 Å². The van der Waals surface area contributed by atoms with Crippen LogP contribution in [0.5, 0.6) is 23.0 Å². The second kappa shape index (κ2) is 68.4. The van der Waals surface area contributed by atoms with Crippen molar-refractivity contribution in [1.29, 1.82) is 10.5 Å². The number of nitrogens with zero attached hydrogens (tertiary/aromatic N) is 3. The van der Waals surface area contributed by atoms with Crippen LogP contribution in [-0.4, -0.2) is 184 Å². The molecule has 2 unspecified atom stereocenters. The summed E-state index contributed by atoms with van der Waals surface area (Å²) in [6, 6.07) is 30.9. The van der Waals surface area contributed by atoms with Crippen LogP contribution in [0.3, 0.4) is 0 Å². The van der Waals surface area contributed by atoms with Crippen molar-refractivity contribution < 1.29 is 231 Å². The van der Waals surface area contributed by atoms with Crippen molar-refractivity contribution in [2.45, 2.75) is 203 Å². The summed E-state index contributed by atoms with van der Waals surface area (Å²) in [5.41, 5.74) is 7.88. The average molecular weight is 1850 g/mol. The molecule has 1 heterocycles. The number of aromatic hydroxyl groups is 1. The van der Waals surface area contributed by atoms with E-state index in [4.69, 9.17) is 45.4 Å². The normalized spacial score (nSPS) is 17.9. The average Bonchev–Trinajstić information content (AvgIpc) is 1.02. The monoisotopic (exact) mass is 1850 g/mol. The Morgan fingerprint density at radius 1 is 0.588 bits per heavy atom. The summed E-state index contributed by atoms with van der Waals surface area (Å²) in [5, 5.41) is 53.0. The molecule has 40 heteroatoms. The van der Waals surface area contributed by atoms with Gasteiger partial charge in [0.1, 0.15) is 35.6 Å². The van der Waals surface area contributed by atoms with Gasteiger partial charge in [-0.05, 0) is 199 Å². The van der Waals surface area contributed by atoms with Gasteiger partial charge in [-0.25, -0.2) is 52.3 Å². The molecule has 5 aliphatic carbocycles. The summed E-state index contributed by atoms with van der Waals surface area (Å²) in [7, 11) is 2.23. The number of carbonyl (C=O) groups is 3. The van der Waals surface area contributed by atoms with Crippen LogP contribution in [0, 0.1) is 52.3 Å². The van der Waals surface area contributed by atoms with E-state index < -0.39 is 61.0 Å². The third kappa shape index (κ3) is 68.1. The van der Waals surface area contributed by atoms with Gasteiger partial charge in [-0.2, -0.15) is 30.7 Å². The van der Waals surface area contributed by atoms with Gasteiger partial charge in [-0.15, -0.1) is 4.99 Å². The number of hydrogen-bond acceptors (Lipinski definition) is 23. The molecule has 1 saturated heterocycles. The van der Waals surface area contributed by atoms with Gasteiger partial charge in [0.15, 0.2) is 0 Å². The fraction of sp³-hybridized carbons (Fsp3) is 0.633. The number of thioether (sulfide) groups is 1. The van der Waals surface area contributed by atoms with Crippen molar-refractivity contribution in [3.05, 3.63) is 119 Å². The Bertz CT molecular complexity index is 3610. The molecule has 4 aromatic carbocycles. The van der Waals surface area contributed by atoms with E-state index in [-0.39, 0.29) is 237 Å². The minimum absolute atomic E-state index is 0. The van der Waals surface area contributed by atoms with Crippen LogP contribution < -0.4 is 123 Å². The number of nitriles is 2. The van der Waals surface area contributed by atoms with Crippen LogP contribution in [0.25, 0.3) is 0 Å². The van der Waals surface area contributed by atoms with E-state index in [2.05, 4.69) is 34.1 Å². The van der Waals surface area contributed by atoms with Gasteiger partial charge in [0.05, 0.1) is 69.7 Å². The molecule has 22 nitrogen and oxygen atoms in total. The van der Waals surface area contributed by atoms with Crippen molar-refractivity contribution in [3.63, 3.8) is 0 Å². The molecular weight excluding hydrogens is 1730 g/mol. The second-order valence-electron chi connectivity index (χ2n) is 28.0. The maximum absolute atomic E-state index is 13.1. The van der Waals surface area contributed by atoms with E-state index in [1.807, 2.05) is 36.8 Å². The molecular formula is C79H115BClF10K2N4O18PS3+. The summed E-state index contributed by atoms with van der Waals surface area (Å²) in [4.78, 5) is 38.9. The van der Waals surface area contributed by atoms with Gasteiger partial charge in [0, 0.05) is 121 Å². The molecule has 0 aromatic heterocycles. The van der Waals surface area contributed by atoms with Crippen LogP contribution in [0.2, 0.25) is 0 Å². The Morgan fingerprint density at radius 2 is 0.899 bits per heavy atom. The van der Waals surface area contributed by atoms with E-state index in [1.54, 1.807) is 84.6 Å². The Balaban J connectivity index is -0.000000639. The Morgan fingerprint density at radius 3 is 1.17 bits per heavy atom. The first-order chi connectivity index (χ1) is 54.4. The molecule has 1 aliphatic heterocycles. The number of aliphatic hydroxyl groups excluding tert-OH is 3. The van der Waals surface area contributed by atoms with Crippen LogP contribution in [0.15, 0.2) is 97.1 Å². The van der Waals surface area contributed by atoms with E-state index in [9.17, 15) is 85.3 Å². The van der Waals surface area contributed by atoms with E-state index in [0.717, 1.165) is 42.4 Å². The van der Waals surface area contributed by atoms with Crippen molar-refractivity contribution in [2.75, 3.05) is 84.9 Å². The molecule has 0 amide bonds. The fourth-order valence-corrected chi connectivity index (χ4v) is 11.7. The molecule has 663 valence electrons. The maximum atomic E-state index is 13.1. The number of nitrogens with two attached hydrogens (primary N) is 1. The first-order valence-corrected chi connectivity index (χ1v) is 44.1. The molecule has 10 rings (SSSR count). The van der Waals surface area contributed by atoms with Gasteiger partial charge in [0.25, 0.3) is 10.1 Å². The predicted molar refractivity (Wildman–Crippen MR) is 432 cm³/mol. The number of halogens is 11. The van der Waals surface area contributed by atoms with Crippen LogP contribution in [-0.2, 0) is 42.8 Å². The molecule has 4 aromatic rings. The number of hydroxylamine groups is 1. The number of aldehydes is 2. The largest absolute Gasteiger partial charge is 1.00 e. The smallest absolute Gasteiger partial charge is 0.508 e. The number of aliphatic hydroxyl groups is 3. The molecule has 6 aliphatic rings. The number of carbonyl (C=O) groups excluding carboxylic acids is 3. The second-order valence-corrected chi connectivity index (χ2v) is 34.2. The summed E-state index contributed by atoms with van der Waals surface area (Å²) in [5.74, 6) is -9.92. The number of phenols is 1. The Kier molecular flexibility index (Phi) is 70.4. The van der Waals surface area contributed by atoms with E-state index in [0.29, 0.717) is 137 Å². The van der Waals surface area contributed by atoms with Gasteiger partial charge in [-0.1, -0.05) is 48.5 Å². The maximum Gasteiger partial charge on any atom is 1.00 e. The van der Waals surface area contributed by atoms with E-state index >= 15 is 0 Å². The quantitative estimate of drug-likeness (QED) is 0.00673. The third-order valence-corrected chi connectivity index (χ3v) is 18.3. The van der Waals surface area contributed by atoms with Crippen molar-refractivity contribution >= 4 is 78.5 Å². The number of hydrogen-bond donors (Lipinski definition) is 5.